The zero-order chi connectivity index (χ0) is 12.7. The van der Waals surface area contributed by atoms with Gasteiger partial charge < -0.3 is 10.2 Å². The monoisotopic (exact) mass is 232 g/mol. The number of nitriles is 1. The molecular formula is C13H20N4. The molecule has 92 valence electrons. The fourth-order valence-corrected chi connectivity index (χ4v) is 1.64. The largest absolute Gasteiger partial charge is 0.372 e. The summed E-state index contributed by atoms with van der Waals surface area (Å²) in [5.74, 6) is 0. The molecule has 1 unspecified atom stereocenters. The zero-order valence-electron chi connectivity index (χ0n) is 10.8. The first kappa shape index (κ1) is 13.5. The maximum Gasteiger partial charge on any atom is 0.0640 e. The van der Waals surface area contributed by atoms with Crippen LogP contribution in [0, 0.1) is 11.3 Å². The minimum atomic E-state index is 0.276. The van der Waals surface area contributed by atoms with E-state index in [0.29, 0.717) is 6.42 Å². The minimum absolute atomic E-state index is 0.276. The van der Waals surface area contributed by atoms with Crippen LogP contribution in [-0.2, 0) is 0 Å². The lowest BCUT2D eigenvalue weighted by Crippen LogP contribution is -2.20. The summed E-state index contributed by atoms with van der Waals surface area (Å²) in [6.45, 7) is 5.86. The number of hydrogen-bond acceptors (Lipinski definition) is 4. The van der Waals surface area contributed by atoms with E-state index in [2.05, 4.69) is 30.2 Å². The van der Waals surface area contributed by atoms with Crippen LogP contribution < -0.4 is 10.2 Å². The molecule has 1 N–H and O–H groups in total. The van der Waals surface area contributed by atoms with E-state index in [4.69, 9.17) is 5.26 Å². The number of aromatic nitrogens is 1. The fraction of sp³-hybridized carbons (Fsp3) is 0.538. The molecule has 0 saturated carbocycles. The van der Waals surface area contributed by atoms with Gasteiger partial charge in [0.2, 0.25) is 0 Å². The molecule has 1 atom stereocenters. The molecule has 17 heavy (non-hydrogen) atoms. The molecule has 0 aliphatic heterocycles. The van der Waals surface area contributed by atoms with Crippen LogP contribution in [0.4, 0.5) is 5.69 Å². The van der Waals surface area contributed by atoms with E-state index in [1.54, 1.807) is 0 Å². The lowest BCUT2D eigenvalue weighted by atomic mass is 10.2. The minimum Gasteiger partial charge on any atom is -0.372 e. The van der Waals surface area contributed by atoms with E-state index < -0.39 is 0 Å². The number of pyridine rings is 1. The number of rotatable bonds is 6. The van der Waals surface area contributed by atoms with Gasteiger partial charge in [0.05, 0.1) is 30.1 Å². The molecule has 0 aliphatic rings. The third-order valence-corrected chi connectivity index (χ3v) is 2.72. The first-order valence-electron chi connectivity index (χ1n) is 5.96. The molecule has 0 spiro atoms. The van der Waals surface area contributed by atoms with Gasteiger partial charge in [0.25, 0.3) is 0 Å². The third kappa shape index (κ3) is 4.04. The molecule has 1 aromatic heterocycles. The Kier molecular flexibility index (Phi) is 5.44. The van der Waals surface area contributed by atoms with E-state index in [0.717, 1.165) is 24.5 Å². The smallest absolute Gasteiger partial charge is 0.0640 e. The van der Waals surface area contributed by atoms with Crippen molar-refractivity contribution in [1.82, 2.24) is 10.3 Å². The zero-order valence-corrected chi connectivity index (χ0v) is 10.8. The summed E-state index contributed by atoms with van der Waals surface area (Å²) in [5.41, 5.74) is 2.09. The molecule has 0 radical (unpaired) electrons. The molecule has 0 aromatic carbocycles. The summed E-state index contributed by atoms with van der Waals surface area (Å²) in [5, 5.41) is 11.9. The number of anilines is 1. The van der Waals surface area contributed by atoms with Gasteiger partial charge >= 0.3 is 0 Å². The van der Waals surface area contributed by atoms with Gasteiger partial charge in [-0.15, -0.1) is 0 Å². The standard InChI is InChI=1S/C13H20N4/c1-4-15-11(2)13-7-6-12(10-16-13)17(3)9-5-8-14/h6-7,10-11,15H,4-5,9H2,1-3H3. The molecule has 1 rings (SSSR count). The molecule has 4 nitrogen and oxygen atoms in total. The summed E-state index contributed by atoms with van der Waals surface area (Å²) < 4.78 is 0. The van der Waals surface area contributed by atoms with Crippen molar-refractivity contribution in [2.75, 3.05) is 25.0 Å². The van der Waals surface area contributed by atoms with Crippen molar-refractivity contribution in [3.05, 3.63) is 24.0 Å². The van der Waals surface area contributed by atoms with Crippen LogP contribution in [0.3, 0.4) is 0 Å². The Hall–Kier alpha value is -1.60. The van der Waals surface area contributed by atoms with Crippen molar-refractivity contribution in [2.45, 2.75) is 26.3 Å². The van der Waals surface area contributed by atoms with Gasteiger partial charge in [-0.05, 0) is 25.6 Å². The van der Waals surface area contributed by atoms with Crippen LogP contribution in [0.2, 0.25) is 0 Å². The van der Waals surface area contributed by atoms with Crippen LogP contribution in [0.25, 0.3) is 0 Å². The average molecular weight is 232 g/mol. The van der Waals surface area contributed by atoms with Gasteiger partial charge in [-0.1, -0.05) is 6.92 Å². The normalized spacial score (nSPS) is 11.9. The predicted octanol–water partition coefficient (Wildman–Crippen LogP) is 2.10. The summed E-state index contributed by atoms with van der Waals surface area (Å²) in [6.07, 6.45) is 2.40. The van der Waals surface area contributed by atoms with Crippen LogP contribution in [-0.4, -0.2) is 25.1 Å². The lowest BCUT2D eigenvalue weighted by Gasteiger charge is -2.18. The van der Waals surface area contributed by atoms with Crippen molar-refractivity contribution in [3.8, 4) is 6.07 Å². The Morgan fingerprint density at radius 3 is 2.82 bits per heavy atom. The first-order chi connectivity index (χ1) is 8.19. The average Bonchev–Trinajstić information content (AvgIpc) is 2.36. The Bertz CT molecular complexity index is 366. The Labute approximate surface area is 103 Å². The van der Waals surface area contributed by atoms with Gasteiger partial charge in [-0.25, -0.2) is 0 Å². The van der Waals surface area contributed by atoms with Crippen molar-refractivity contribution in [1.29, 1.82) is 5.26 Å². The highest BCUT2D eigenvalue weighted by Crippen LogP contribution is 2.15. The highest BCUT2D eigenvalue weighted by molar-refractivity contribution is 5.43. The molecule has 1 aromatic rings. The fourth-order valence-electron chi connectivity index (χ4n) is 1.64. The summed E-state index contributed by atoms with van der Waals surface area (Å²) >= 11 is 0. The quantitative estimate of drug-likeness (QED) is 0.816. The second-order valence-corrected chi connectivity index (χ2v) is 4.05. The number of nitrogens with zero attached hydrogens (tertiary/aromatic N) is 3. The summed E-state index contributed by atoms with van der Waals surface area (Å²) in [6, 6.07) is 6.50. The number of hydrogen-bond donors (Lipinski definition) is 1. The lowest BCUT2D eigenvalue weighted by molar-refractivity contribution is 0.583. The maximum absolute atomic E-state index is 8.54. The van der Waals surface area contributed by atoms with Gasteiger partial charge in [0, 0.05) is 19.6 Å². The highest BCUT2D eigenvalue weighted by atomic mass is 15.1. The van der Waals surface area contributed by atoms with Gasteiger partial charge in [0.1, 0.15) is 0 Å². The maximum atomic E-state index is 8.54. The summed E-state index contributed by atoms with van der Waals surface area (Å²) in [4.78, 5) is 6.48. The predicted molar refractivity (Wildman–Crippen MR) is 69.8 cm³/mol. The van der Waals surface area contributed by atoms with Crippen LogP contribution in [0.1, 0.15) is 32.0 Å². The van der Waals surface area contributed by atoms with E-state index in [1.165, 1.54) is 0 Å². The topological polar surface area (TPSA) is 52.0 Å². The molecule has 0 aliphatic carbocycles. The van der Waals surface area contributed by atoms with Gasteiger partial charge in [-0.3, -0.25) is 4.98 Å². The highest BCUT2D eigenvalue weighted by Gasteiger charge is 2.06. The van der Waals surface area contributed by atoms with E-state index in [-0.39, 0.29) is 6.04 Å². The first-order valence-corrected chi connectivity index (χ1v) is 5.96. The SMILES string of the molecule is CCNC(C)c1ccc(N(C)CCC#N)cn1. The van der Waals surface area contributed by atoms with E-state index >= 15 is 0 Å². The molecule has 4 heteroatoms. The second-order valence-electron chi connectivity index (χ2n) is 4.05. The van der Waals surface area contributed by atoms with Crippen molar-refractivity contribution in [2.24, 2.45) is 0 Å². The molecular weight excluding hydrogens is 212 g/mol. The Morgan fingerprint density at radius 1 is 1.53 bits per heavy atom. The Morgan fingerprint density at radius 2 is 2.29 bits per heavy atom. The van der Waals surface area contributed by atoms with Gasteiger partial charge in [-0.2, -0.15) is 5.26 Å². The van der Waals surface area contributed by atoms with E-state index in [1.807, 2.05) is 30.3 Å². The second kappa shape index (κ2) is 6.87. The van der Waals surface area contributed by atoms with Crippen molar-refractivity contribution in [3.63, 3.8) is 0 Å². The van der Waals surface area contributed by atoms with Crippen LogP contribution in [0.15, 0.2) is 18.3 Å². The molecule has 0 bridgehead atoms. The number of nitrogens with one attached hydrogen (secondary N) is 1. The molecule has 1 heterocycles. The molecule has 0 saturated heterocycles. The van der Waals surface area contributed by atoms with E-state index in [9.17, 15) is 0 Å². The molecule has 0 amide bonds. The van der Waals surface area contributed by atoms with Crippen LogP contribution in [0.5, 0.6) is 0 Å². The van der Waals surface area contributed by atoms with Crippen molar-refractivity contribution >= 4 is 5.69 Å². The van der Waals surface area contributed by atoms with Gasteiger partial charge in [0.15, 0.2) is 0 Å². The molecule has 0 fully saturated rings. The third-order valence-electron chi connectivity index (χ3n) is 2.72. The van der Waals surface area contributed by atoms with Crippen molar-refractivity contribution < 1.29 is 0 Å². The Balaban J connectivity index is 2.64. The van der Waals surface area contributed by atoms with Crippen LogP contribution >= 0.6 is 0 Å². The summed E-state index contributed by atoms with van der Waals surface area (Å²) in [7, 11) is 1.97.